The van der Waals surface area contributed by atoms with Crippen LogP contribution in [-0.2, 0) is 16.2 Å². The summed E-state index contributed by atoms with van der Waals surface area (Å²) in [5.74, 6) is 0. The summed E-state index contributed by atoms with van der Waals surface area (Å²) in [5.41, 5.74) is 26.2. The zero-order valence-electron chi connectivity index (χ0n) is 38.4. The fourth-order valence-electron chi connectivity index (χ4n) is 11.4. The van der Waals surface area contributed by atoms with Crippen molar-refractivity contribution in [2.24, 2.45) is 0 Å². The van der Waals surface area contributed by atoms with Crippen molar-refractivity contribution in [1.82, 2.24) is 4.57 Å². The van der Waals surface area contributed by atoms with Crippen molar-refractivity contribution in [2.75, 3.05) is 5.32 Å². The number of hydrogen-bond acceptors (Lipinski definition) is 2. The van der Waals surface area contributed by atoms with E-state index in [9.17, 15) is 0 Å². The number of nitrogens with one attached hydrogen (secondary N) is 1. The van der Waals surface area contributed by atoms with Crippen LogP contribution in [0.4, 0.5) is 11.4 Å². The van der Waals surface area contributed by atoms with Crippen LogP contribution < -0.4 is 16.2 Å². The van der Waals surface area contributed by atoms with Gasteiger partial charge in [-0.2, -0.15) is 0 Å². The standard InChI is InChI=1S/C61H50BN2O/c1-33-37-14-10-11-15-38(37)44-29-53-47(27-43(33)44)42-25-24-41(57-58(42)64(53)54-30-48-40-16-12-13-17-55(40)65-56(48)32-51(54)62-57)46-28-45-39-23-20-35(60(5,6)7)26-49(39)61(8,9)50(45)31-52(46)63-36-21-18-34(19-22-36)59(2,3)4/h10-32,63H,1H2,2-9H3. The lowest BCUT2D eigenvalue weighted by Crippen LogP contribution is -2.37. The molecule has 10 aromatic rings. The van der Waals surface area contributed by atoms with Crippen molar-refractivity contribution in [1.29, 1.82) is 0 Å². The molecular weight excluding hydrogens is 787 g/mol. The van der Waals surface area contributed by atoms with Gasteiger partial charge >= 0.3 is 0 Å². The lowest BCUT2D eigenvalue weighted by Gasteiger charge is -2.27. The molecule has 0 fully saturated rings. The molecule has 0 unspecified atom stereocenters. The number of fused-ring (bicyclic) bond motifs is 14. The third kappa shape index (κ3) is 5.37. The Labute approximate surface area is 381 Å². The molecule has 1 radical (unpaired) electrons. The normalized spacial score (nSPS) is 14.4. The summed E-state index contributed by atoms with van der Waals surface area (Å²) >= 11 is 0. The molecule has 3 aliphatic rings. The smallest absolute Gasteiger partial charge is 0.198 e. The Bertz CT molecular complexity index is 3770. The van der Waals surface area contributed by atoms with E-state index < -0.39 is 0 Å². The van der Waals surface area contributed by atoms with Crippen molar-refractivity contribution >= 4 is 78.9 Å². The fourth-order valence-corrected chi connectivity index (χ4v) is 11.4. The van der Waals surface area contributed by atoms with Crippen LogP contribution in [0.2, 0.25) is 0 Å². The molecule has 0 saturated carbocycles. The molecule has 65 heavy (non-hydrogen) atoms. The van der Waals surface area contributed by atoms with Gasteiger partial charge in [-0.05, 0) is 138 Å². The second kappa shape index (κ2) is 12.8. The first-order valence-electron chi connectivity index (χ1n) is 23.1. The highest BCUT2D eigenvalue weighted by molar-refractivity contribution is 6.73. The second-order valence-corrected chi connectivity index (χ2v) is 21.4. The highest BCUT2D eigenvalue weighted by Crippen LogP contribution is 2.53. The topological polar surface area (TPSA) is 30.1 Å². The molecule has 8 aromatic carbocycles. The number of aromatic nitrogens is 1. The molecule has 0 bridgehead atoms. The predicted octanol–water partition coefficient (Wildman–Crippen LogP) is 15.0. The van der Waals surface area contributed by atoms with Gasteiger partial charge in [0.2, 0.25) is 0 Å². The number of benzene rings is 8. The largest absolute Gasteiger partial charge is 0.456 e. The van der Waals surface area contributed by atoms with Crippen molar-refractivity contribution in [3.05, 3.63) is 179 Å². The van der Waals surface area contributed by atoms with Crippen LogP contribution >= 0.6 is 0 Å². The molecule has 313 valence electrons. The molecule has 0 atom stereocenters. The van der Waals surface area contributed by atoms with E-state index in [1.807, 2.05) is 0 Å². The monoisotopic (exact) mass is 837 g/mol. The Balaban J connectivity index is 1.10. The number of rotatable bonds is 3. The first kappa shape index (κ1) is 38.4. The van der Waals surface area contributed by atoms with E-state index >= 15 is 0 Å². The quantitative estimate of drug-likeness (QED) is 0.180. The first-order chi connectivity index (χ1) is 31.1. The van der Waals surface area contributed by atoms with E-state index in [2.05, 4.69) is 219 Å². The molecule has 1 N–H and O–H groups in total. The molecule has 0 saturated heterocycles. The SMILES string of the molecule is C=C1c2ccccc2-c2cc3c(cc21)c1ccc(-c2cc4c(cc2Nc2ccc(C(C)(C)C)cc2)C(C)(C)c2cc(C(C)(C)C)ccc2-4)c2c1n3-c1cc3c(cc1[B]2)oc1ccccc13. The Hall–Kier alpha value is -7.04. The molecule has 0 amide bonds. The van der Waals surface area contributed by atoms with Gasteiger partial charge in [-0.3, -0.25) is 0 Å². The number of furan rings is 1. The van der Waals surface area contributed by atoms with Crippen molar-refractivity contribution in [3.8, 4) is 39.1 Å². The Morgan fingerprint density at radius 2 is 1.25 bits per heavy atom. The average Bonchev–Trinajstić information content (AvgIpc) is 3.97. The summed E-state index contributed by atoms with van der Waals surface area (Å²) in [7, 11) is 2.42. The molecule has 4 heteroatoms. The van der Waals surface area contributed by atoms with Gasteiger partial charge in [0.1, 0.15) is 11.2 Å². The molecule has 3 heterocycles. The highest BCUT2D eigenvalue weighted by Gasteiger charge is 2.38. The van der Waals surface area contributed by atoms with Gasteiger partial charge in [0.15, 0.2) is 7.28 Å². The lowest BCUT2D eigenvalue weighted by molar-refractivity contribution is 0.584. The summed E-state index contributed by atoms with van der Waals surface area (Å²) in [4.78, 5) is 0. The number of anilines is 2. The Kier molecular flexibility index (Phi) is 7.58. The molecule has 0 spiro atoms. The molecular formula is C61H50BN2O. The molecule has 2 aliphatic carbocycles. The van der Waals surface area contributed by atoms with Crippen LogP contribution in [0.25, 0.3) is 88.4 Å². The summed E-state index contributed by atoms with van der Waals surface area (Å²) in [6, 6.07) is 52.4. The van der Waals surface area contributed by atoms with Gasteiger partial charge in [-0.25, -0.2) is 0 Å². The number of para-hydroxylation sites is 1. The highest BCUT2D eigenvalue weighted by atomic mass is 16.3. The zero-order valence-corrected chi connectivity index (χ0v) is 38.4. The van der Waals surface area contributed by atoms with Crippen molar-refractivity contribution in [3.63, 3.8) is 0 Å². The van der Waals surface area contributed by atoms with Gasteiger partial charge in [0, 0.05) is 55.1 Å². The zero-order chi connectivity index (χ0) is 44.5. The van der Waals surface area contributed by atoms with Crippen LogP contribution in [0.15, 0.2) is 151 Å². The third-order valence-corrected chi connectivity index (χ3v) is 15.0. The minimum Gasteiger partial charge on any atom is -0.456 e. The van der Waals surface area contributed by atoms with Gasteiger partial charge in [0.05, 0.1) is 5.52 Å². The van der Waals surface area contributed by atoms with Crippen molar-refractivity contribution in [2.45, 2.75) is 71.6 Å². The summed E-state index contributed by atoms with van der Waals surface area (Å²) < 4.78 is 9.12. The molecule has 13 rings (SSSR count). The molecule has 2 aromatic heterocycles. The number of nitrogens with zero attached hydrogens (tertiary/aromatic N) is 1. The van der Waals surface area contributed by atoms with Crippen LogP contribution in [0.5, 0.6) is 0 Å². The minimum atomic E-state index is -0.187. The number of hydrogen-bond donors (Lipinski definition) is 1. The van der Waals surface area contributed by atoms with Crippen LogP contribution in [0, 0.1) is 0 Å². The lowest BCUT2D eigenvalue weighted by atomic mass is 9.59. The summed E-state index contributed by atoms with van der Waals surface area (Å²) in [5, 5.41) is 8.72. The fraction of sp³-hybridized carbons (Fsp3) is 0.180. The maximum Gasteiger partial charge on any atom is 0.198 e. The minimum absolute atomic E-state index is 0.0460. The van der Waals surface area contributed by atoms with E-state index in [0.717, 1.165) is 50.0 Å². The summed E-state index contributed by atoms with van der Waals surface area (Å²) in [6.45, 7) is 23.2. The molecule has 1 aliphatic heterocycles. The van der Waals surface area contributed by atoms with Gasteiger partial charge in [-0.15, -0.1) is 0 Å². The van der Waals surface area contributed by atoms with E-state index in [1.165, 1.54) is 94.0 Å². The van der Waals surface area contributed by atoms with Crippen LogP contribution in [0.3, 0.4) is 0 Å². The van der Waals surface area contributed by atoms with Gasteiger partial charge in [0.25, 0.3) is 0 Å². The Morgan fingerprint density at radius 3 is 2.03 bits per heavy atom. The Morgan fingerprint density at radius 1 is 0.538 bits per heavy atom. The van der Waals surface area contributed by atoms with Crippen molar-refractivity contribution < 1.29 is 4.42 Å². The third-order valence-electron chi connectivity index (χ3n) is 15.0. The van der Waals surface area contributed by atoms with E-state index in [0.29, 0.717) is 0 Å². The van der Waals surface area contributed by atoms with Crippen LogP contribution in [-0.4, -0.2) is 11.8 Å². The van der Waals surface area contributed by atoms with Gasteiger partial charge < -0.3 is 14.3 Å². The predicted molar refractivity (Wildman–Crippen MR) is 277 cm³/mol. The maximum absolute atomic E-state index is 6.57. The van der Waals surface area contributed by atoms with Gasteiger partial charge in [-0.1, -0.05) is 152 Å². The van der Waals surface area contributed by atoms with Crippen LogP contribution in [0.1, 0.15) is 88.8 Å². The van der Waals surface area contributed by atoms with E-state index in [4.69, 9.17) is 4.42 Å². The molecule has 3 nitrogen and oxygen atoms in total. The maximum atomic E-state index is 6.57. The first-order valence-corrected chi connectivity index (χ1v) is 23.1. The average molecular weight is 838 g/mol. The van der Waals surface area contributed by atoms with E-state index in [1.54, 1.807) is 0 Å². The van der Waals surface area contributed by atoms with E-state index in [-0.39, 0.29) is 16.2 Å². The summed E-state index contributed by atoms with van der Waals surface area (Å²) in [6.07, 6.45) is 0. The second-order valence-electron chi connectivity index (χ2n) is 21.4.